The van der Waals surface area contributed by atoms with Gasteiger partial charge in [-0.2, -0.15) is 0 Å². The molecule has 0 aromatic rings. The van der Waals surface area contributed by atoms with Crippen molar-refractivity contribution in [3.63, 3.8) is 0 Å². The molecular weight excluding hydrogens is 190 g/mol. The van der Waals surface area contributed by atoms with Gasteiger partial charge in [0.25, 0.3) is 0 Å². The maximum atomic E-state index is 5.73. The van der Waals surface area contributed by atoms with E-state index < -0.39 is 0 Å². The Labute approximate surface area is 93.4 Å². The van der Waals surface area contributed by atoms with E-state index in [9.17, 15) is 0 Å². The summed E-state index contributed by atoms with van der Waals surface area (Å²) in [6.07, 6.45) is 2.64. The first-order chi connectivity index (χ1) is 7.19. The molecule has 1 heterocycles. The van der Waals surface area contributed by atoms with E-state index in [1.54, 1.807) is 7.11 Å². The average Bonchev–Trinajstić information content (AvgIpc) is 2.60. The zero-order chi connectivity index (χ0) is 11.3. The van der Waals surface area contributed by atoms with Gasteiger partial charge in [0, 0.05) is 32.3 Å². The van der Waals surface area contributed by atoms with E-state index in [0.717, 1.165) is 13.2 Å². The van der Waals surface area contributed by atoms with Gasteiger partial charge in [-0.3, -0.25) is 4.90 Å². The van der Waals surface area contributed by atoms with E-state index in [1.807, 2.05) is 0 Å². The maximum Gasteiger partial charge on any atom is 0.0630 e. The molecule has 1 fully saturated rings. The number of likely N-dealkylation sites (tertiary alicyclic amines) is 1. The van der Waals surface area contributed by atoms with E-state index >= 15 is 0 Å². The molecule has 1 aliphatic heterocycles. The second-order valence-corrected chi connectivity index (χ2v) is 4.56. The summed E-state index contributed by atoms with van der Waals surface area (Å²) in [5, 5.41) is 0. The molecule has 1 saturated heterocycles. The number of rotatable bonds is 6. The first-order valence-electron chi connectivity index (χ1n) is 5.78. The number of ether oxygens (including phenoxy) is 1. The third kappa shape index (κ3) is 3.72. The van der Waals surface area contributed by atoms with Crippen LogP contribution in [0, 0.1) is 0 Å². The minimum Gasteiger partial charge on any atom is -0.383 e. The van der Waals surface area contributed by atoms with Crippen molar-refractivity contribution in [2.24, 2.45) is 5.73 Å². The lowest BCUT2D eigenvalue weighted by Gasteiger charge is -2.31. The summed E-state index contributed by atoms with van der Waals surface area (Å²) in [4.78, 5) is 4.77. The zero-order valence-electron chi connectivity index (χ0n) is 10.3. The second-order valence-electron chi connectivity index (χ2n) is 4.56. The summed E-state index contributed by atoms with van der Waals surface area (Å²) in [5.74, 6) is 0. The summed E-state index contributed by atoms with van der Waals surface area (Å²) < 4.78 is 5.17. The van der Waals surface area contributed by atoms with Crippen LogP contribution in [-0.2, 0) is 4.74 Å². The van der Waals surface area contributed by atoms with Crippen molar-refractivity contribution in [3.8, 4) is 0 Å². The van der Waals surface area contributed by atoms with Crippen LogP contribution >= 0.6 is 0 Å². The molecule has 0 spiro atoms. The summed E-state index contributed by atoms with van der Waals surface area (Å²) in [6, 6.07) is 1.05. The van der Waals surface area contributed by atoms with Crippen LogP contribution in [0.5, 0.6) is 0 Å². The minimum absolute atomic E-state index is 0.351. The Hall–Kier alpha value is -0.160. The van der Waals surface area contributed by atoms with Gasteiger partial charge in [0.15, 0.2) is 0 Å². The van der Waals surface area contributed by atoms with Crippen LogP contribution in [0.4, 0.5) is 0 Å². The fourth-order valence-electron chi connectivity index (χ4n) is 2.26. The van der Waals surface area contributed by atoms with Gasteiger partial charge >= 0.3 is 0 Å². The van der Waals surface area contributed by atoms with E-state index in [2.05, 4.69) is 23.9 Å². The van der Waals surface area contributed by atoms with Gasteiger partial charge in [-0.05, 0) is 33.5 Å². The summed E-state index contributed by atoms with van der Waals surface area (Å²) in [6.45, 7) is 3.72. The normalized spacial score (nSPS) is 25.0. The Morgan fingerprint density at radius 1 is 1.60 bits per heavy atom. The fraction of sp³-hybridized carbons (Fsp3) is 1.00. The molecule has 0 aliphatic carbocycles. The minimum atomic E-state index is 0.351. The molecular formula is C11H25N3O. The second kappa shape index (κ2) is 6.43. The zero-order valence-corrected chi connectivity index (χ0v) is 10.3. The first kappa shape index (κ1) is 12.9. The van der Waals surface area contributed by atoms with Gasteiger partial charge < -0.3 is 15.4 Å². The average molecular weight is 215 g/mol. The van der Waals surface area contributed by atoms with Crippen LogP contribution in [0.1, 0.15) is 12.8 Å². The van der Waals surface area contributed by atoms with E-state index in [1.165, 1.54) is 19.4 Å². The van der Waals surface area contributed by atoms with Gasteiger partial charge in [-0.15, -0.1) is 0 Å². The molecule has 90 valence electrons. The number of nitrogens with two attached hydrogens (primary N) is 1. The van der Waals surface area contributed by atoms with Crippen molar-refractivity contribution in [2.45, 2.75) is 24.9 Å². The molecule has 2 atom stereocenters. The summed E-state index contributed by atoms with van der Waals surface area (Å²) >= 11 is 0. The van der Waals surface area contributed by atoms with Crippen LogP contribution in [0.15, 0.2) is 0 Å². The van der Waals surface area contributed by atoms with Crippen LogP contribution in [0.2, 0.25) is 0 Å². The predicted octanol–water partition coefficient (Wildman–Crippen LogP) is -0.0139. The highest BCUT2D eigenvalue weighted by molar-refractivity contribution is 4.81. The Bertz CT molecular complexity index is 177. The van der Waals surface area contributed by atoms with Gasteiger partial charge in [-0.25, -0.2) is 0 Å². The van der Waals surface area contributed by atoms with Crippen LogP contribution in [-0.4, -0.2) is 69.3 Å². The number of likely N-dealkylation sites (N-methyl/N-ethyl adjacent to an activating group) is 2. The molecule has 0 saturated carbocycles. The Morgan fingerprint density at radius 2 is 2.33 bits per heavy atom. The van der Waals surface area contributed by atoms with Crippen molar-refractivity contribution < 1.29 is 4.74 Å². The lowest BCUT2D eigenvalue weighted by atomic mass is 10.2. The van der Waals surface area contributed by atoms with Crippen LogP contribution in [0.3, 0.4) is 0 Å². The lowest BCUT2D eigenvalue weighted by Crippen LogP contribution is -2.46. The molecule has 0 radical (unpaired) electrons. The van der Waals surface area contributed by atoms with Crippen LogP contribution < -0.4 is 5.73 Å². The molecule has 15 heavy (non-hydrogen) atoms. The number of hydrogen-bond acceptors (Lipinski definition) is 4. The maximum absolute atomic E-state index is 5.73. The van der Waals surface area contributed by atoms with Gasteiger partial charge in [0.05, 0.1) is 6.61 Å². The Balaban J connectivity index is 2.35. The molecule has 0 bridgehead atoms. The molecule has 2 unspecified atom stereocenters. The van der Waals surface area contributed by atoms with E-state index in [-0.39, 0.29) is 0 Å². The molecule has 2 N–H and O–H groups in total. The van der Waals surface area contributed by atoms with Crippen molar-refractivity contribution in [2.75, 3.05) is 47.4 Å². The van der Waals surface area contributed by atoms with Crippen molar-refractivity contribution >= 4 is 0 Å². The third-order valence-corrected chi connectivity index (χ3v) is 3.42. The predicted molar refractivity (Wildman–Crippen MR) is 63.0 cm³/mol. The first-order valence-corrected chi connectivity index (χ1v) is 5.78. The molecule has 0 aromatic carbocycles. The van der Waals surface area contributed by atoms with Gasteiger partial charge in [0.2, 0.25) is 0 Å². The van der Waals surface area contributed by atoms with Gasteiger partial charge in [-0.1, -0.05) is 0 Å². The molecule has 1 rings (SSSR count). The molecule has 0 aromatic heterocycles. The smallest absolute Gasteiger partial charge is 0.0630 e. The van der Waals surface area contributed by atoms with E-state index in [0.29, 0.717) is 18.6 Å². The highest BCUT2D eigenvalue weighted by Gasteiger charge is 2.24. The molecule has 4 nitrogen and oxygen atoms in total. The highest BCUT2D eigenvalue weighted by Crippen LogP contribution is 2.16. The topological polar surface area (TPSA) is 41.7 Å². The monoisotopic (exact) mass is 215 g/mol. The van der Waals surface area contributed by atoms with Gasteiger partial charge in [0.1, 0.15) is 0 Å². The van der Waals surface area contributed by atoms with Crippen LogP contribution in [0.25, 0.3) is 0 Å². The number of nitrogens with zero attached hydrogens (tertiary/aromatic N) is 2. The largest absolute Gasteiger partial charge is 0.383 e. The number of hydrogen-bond donors (Lipinski definition) is 1. The van der Waals surface area contributed by atoms with Crippen molar-refractivity contribution in [1.82, 2.24) is 9.80 Å². The highest BCUT2D eigenvalue weighted by atomic mass is 16.5. The standard InChI is InChI=1S/C11H25N3O/c1-13-6-4-5-10(13)8-14(2)11(7-12)9-15-3/h10-11H,4-9,12H2,1-3H3. The Kier molecular flexibility index (Phi) is 5.53. The molecule has 0 amide bonds. The SMILES string of the molecule is COCC(CN)N(C)CC1CCCN1C. The summed E-state index contributed by atoms with van der Waals surface area (Å²) in [7, 11) is 6.08. The molecule has 4 heteroatoms. The van der Waals surface area contributed by atoms with Crippen molar-refractivity contribution in [1.29, 1.82) is 0 Å². The fourth-order valence-corrected chi connectivity index (χ4v) is 2.26. The van der Waals surface area contributed by atoms with E-state index in [4.69, 9.17) is 10.5 Å². The third-order valence-electron chi connectivity index (χ3n) is 3.42. The summed E-state index contributed by atoms with van der Waals surface area (Å²) in [5.41, 5.74) is 5.73. The lowest BCUT2D eigenvalue weighted by molar-refractivity contribution is 0.0950. The Morgan fingerprint density at radius 3 is 2.80 bits per heavy atom. The van der Waals surface area contributed by atoms with Crippen molar-refractivity contribution in [3.05, 3.63) is 0 Å². The quantitative estimate of drug-likeness (QED) is 0.676. The molecule has 1 aliphatic rings. The number of methoxy groups -OCH3 is 1.